The number of rotatable bonds is 5. The van der Waals surface area contributed by atoms with Crippen LogP contribution in [0.1, 0.15) is 26.7 Å². The second-order valence-electron chi connectivity index (χ2n) is 5.20. The summed E-state index contributed by atoms with van der Waals surface area (Å²) in [6.45, 7) is 4.67. The molecule has 0 bridgehead atoms. The molecule has 1 fully saturated rings. The third-order valence-corrected chi connectivity index (χ3v) is 5.27. The predicted molar refractivity (Wildman–Crippen MR) is 73.3 cm³/mol. The number of nitrogens with two attached hydrogens (primary N) is 1. The van der Waals surface area contributed by atoms with Gasteiger partial charge in [0.15, 0.2) is 0 Å². The second kappa shape index (κ2) is 4.80. The topological polar surface area (TPSA) is 76.2 Å². The summed E-state index contributed by atoms with van der Waals surface area (Å²) in [6, 6.07) is 5.04. The van der Waals surface area contributed by atoms with Gasteiger partial charge in [0.05, 0.1) is 26.9 Å². The summed E-state index contributed by atoms with van der Waals surface area (Å²) in [5.41, 5.74) is 6.36. The van der Waals surface area contributed by atoms with Gasteiger partial charge < -0.3 is 10.5 Å². The number of ether oxygens (including phenoxy) is 1. The highest BCUT2D eigenvalue weighted by Gasteiger charge is 2.34. The van der Waals surface area contributed by atoms with Crippen LogP contribution in [0.15, 0.2) is 23.1 Å². The van der Waals surface area contributed by atoms with Gasteiger partial charge in [-0.15, -0.1) is 0 Å². The Kier molecular flexibility index (Phi) is 3.52. The molecule has 1 aliphatic carbocycles. The molecule has 0 spiro atoms. The van der Waals surface area contributed by atoms with Gasteiger partial charge >= 0.3 is 0 Å². The Morgan fingerprint density at radius 1 is 1.50 bits per heavy atom. The van der Waals surface area contributed by atoms with Gasteiger partial charge in [-0.1, -0.05) is 13.8 Å². The minimum absolute atomic E-state index is 0.0130. The molecule has 1 atom stereocenters. The molecule has 18 heavy (non-hydrogen) atoms. The first-order chi connectivity index (χ1) is 8.41. The number of nitrogen functional groups attached to an aromatic ring is 1. The van der Waals surface area contributed by atoms with Crippen LogP contribution >= 0.6 is 0 Å². The Morgan fingerprint density at radius 3 is 2.72 bits per heavy atom. The summed E-state index contributed by atoms with van der Waals surface area (Å²) in [6.07, 6.45) is 1.77. The van der Waals surface area contributed by atoms with Crippen LogP contribution in [0.5, 0.6) is 5.75 Å². The molecule has 1 aromatic carbocycles. The second-order valence-corrected chi connectivity index (χ2v) is 7.54. The van der Waals surface area contributed by atoms with Crippen molar-refractivity contribution in [2.24, 2.45) is 5.92 Å². The minimum Gasteiger partial charge on any atom is -0.491 e. The van der Waals surface area contributed by atoms with Crippen LogP contribution in [0.25, 0.3) is 0 Å². The third-order valence-electron chi connectivity index (χ3n) is 2.90. The number of benzene rings is 1. The first-order valence-corrected chi connectivity index (χ1v) is 7.83. The lowest BCUT2D eigenvalue weighted by Crippen LogP contribution is -2.09. The monoisotopic (exact) mass is 268 g/mol. The van der Waals surface area contributed by atoms with Gasteiger partial charge in [0.1, 0.15) is 5.75 Å². The van der Waals surface area contributed by atoms with Crippen LogP contribution in [-0.2, 0) is 9.73 Å². The molecule has 0 saturated heterocycles. The van der Waals surface area contributed by atoms with E-state index in [2.05, 4.69) is 13.8 Å². The molecule has 5 heteroatoms. The molecule has 0 heterocycles. The Hall–Kier alpha value is -1.23. The number of nitrogens with one attached hydrogen (secondary N) is 1. The zero-order valence-corrected chi connectivity index (χ0v) is 11.6. The number of anilines is 1. The van der Waals surface area contributed by atoms with E-state index in [4.69, 9.17) is 15.3 Å². The van der Waals surface area contributed by atoms with Crippen LogP contribution in [0, 0.1) is 10.7 Å². The van der Waals surface area contributed by atoms with Crippen molar-refractivity contribution in [2.45, 2.75) is 36.8 Å². The smallest absolute Gasteiger partial charge is 0.143 e. The molecule has 3 N–H and O–H groups in total. The summed E-state index contributed by atoms with van der Waals surface area (Å²) in [5.74, 6) is 0.943. The highest BCUT2D eigenvalue weighted by molar-refractivity contribution is 7.93. The molecule has 0 aromatic heterocycles. The van der Waals surface area contributed by atoms with Gasteiger partial charge in [-0.25, -0.2) is 8.99 Å². The lowest BCUT2D eigenvalue weighted by molar-refractivity contribution is 0.272. The van der Waals surface area contributed by atoms with Gasteiger partial charge in [-0.3, -0.25) is 0 Å². The van der Waals surface area contributed by atoms with Crippen LogP contribution in [0.4, 0.5) is 5.69 Å². The number of hydrogen-bond donors (Lipinski definition) is 2. The normalized spacial score (nSPS) is 18.6. The molecule has 0 amide bonds. The fraction of sp³-hybridized carbons (Fsp3) is 0.538. The van der Waals surface area contributed by atoms with Crippen molar-refractivity contribution < 1.29 is 8.95 Å². The van der Waals surface area contributed by atoms with E-state index in [1.807, 2.05) is 0 Å². The molecule has 100 valence electrons. The molecule has 1 aromatic rings. The Bertz CT molecular complexity index is 534. The molecule has 1 unspecified atom stereocenters. The first kappa shape index (κ1) is 13.2. The zero-order chi connectivity index (χ0) is 13.3. The average Bonchev–Trinajstić information content (AvgIpc) is 3.11. The van der Waals surface area contributed by atoms with E-state index < -0.39 is 9.73 Å². The van der Waals surface area contributed by atoms with E-state index >= 15 is 0 Å². The molecule has 1 aliphatic rings. The molecule has 0 aliphatic heterocycles. The fourth-order valence-corrected chi connectivity index (χ4v) is 3.41. The Labute approximate surface area is 109 Å². The molecule has 0 radical (unpaired) electrons. The van der Waals surface area contributed by atoms with Gasteiger partial charge in [-0.2, -0.15) is 0 Å². The van der Waals surface area contributed by atoms with Crippen molar-refractivity contribution in [3.8, 4) is 5.75 Å². The maximum absolute atomic E-state index is 12.3. The summed E-state index contributed by atoms with van der Waals surface area (Å²) in [5, 5.41) is 0.0130. The molecule has 2 rings (SSSR count). The lowest BCUT2D eigenvalue weighted by atomic mass is 10.2. The van der Waals surface area contributed by atoms with E-state index in [0.29, 0.717) is 28.9 Å². The van der Waals surface area contributed by atoms with Crippen molar-refractivity contribution in [3.63, 3.8) is 0 Å². The van der Waals surface area contributed by atoms with Crippen LogP contribution in [0.2, 0.25) is 0 Å². The van der Waals surface area contributed by atoms with Gasteiger partial charge in [-0.05, 0) is 37.0 Å². The molecule has 1 saturated carbocycles. The summed E-state index contributed by atoms with van der Waals surface area (Å²) < 4.78 is 25.9. The van der Waals surface area contributed by atoms with Crippen LogP contribution < -0.4 is 10.5 Å². The summed E-state index contributed by atoms with van der Waals surface area (Å²) >= 11 is 0. The van der Waals surface area contributed by atoms with E-state index in [0.717, 1.165) is 12.8 Å². The van der Waals surface area contributed by atoms with Gasteiger partial charge in [0, 0.05) is 5.25 Å². The highest BCUT2D eigenvalue weighted by atomic mass is 32.2. The van der Waals surface area contributed by atoms with Crippen LogP contribution in [-0.4, -0.2) is 16.1 Å². The SMILES string of the molecule is CC(C)COc1cc(S(=N)(=O)C2CC2)ccc1N. The fourth-order valence-electron chi connectivity index (χ4n) is 1.68. The molecular weight excluding hydrogens is 248 g/mol. The maximum atomic E-state index is 12.3. The predicted octanol–water partition coefficient (Wildman–Crippen LogP) is 2.87. The number of hydrogen-bond acceptors (Lipinski definition) is 4. The van der Waals surface area contributed by atoms with E-state index in [1.165, 1.54) is 0 Å². The lowest BCUT2D eigenvalue weighted by Gasteiger charge is -2.13. The quantitative estimate of drug-likeness (QED) is 0.806. The van der Waals surface area contributed by atoms with Crippen LogP contribution in [0.3, 0.4) is 0 Å². The molecule has 4 nitrogen and oxygen atoms in total. The van der Waals surface area contributed by atoms with E-state index in [9.17, 15) is 4.21 Å². The minimum atomic E-state index is -2.68. The molecular formula is C13H20N2O2S. The van der Waals surface area contributed by atoms with Crippen molar-refractivity contribution in [2.75, 3.05) is 12.3 Å². The standard InChI is InChI=1S/C13H20N2O2S/c1-9(2)8-17-13-7-11(5-6-12(13)14)18(15,16)10-3-4-10/h5-7,9-10,15H,3-4,8,14H2,1-2H3. The average molecular weight is 268 g/mol. The third kappa shape index (κ3) is 2.77. The van der Waals surface area contributed by atoms with Crippen molar-refractivity contribution in [3.05, 3.63) is 18.2 Å². The van der Waals surface area contributed by atoms with Crippen molar-refractivity contribution in [1.82, 2.24) is 0 Å². The zero-order valence-electron chi connectivity index (χ0n) is 10.8. The van der Waals surface area contributed by atoms with Crippen molar-refractivity contribution >= 4 is 15.4 Å². The highest BCUT2D eigenvalue weighted by Crippen LogP contribution is 2.36. The van der Waals surface area contributed by atoms with E-state index in [-0.39, 0.29) is 5.25 Å². The van der Waals surface area contributed by atoms with Gasteiger partial charge in [0.25, 0.3) is 0 Å². The van der Waals surface area contributed by atoms with Crippen molar-refractivity contribution in [1.29, 1.82) is 4.78 Å². The largest absolute Gasteiger partial charge is 0.491 e. The maximum Gasteiger partial charge on any atom is 0.143 e. The first-order valence-electron chi connectivity index (χ1n) is 6.21. The summed E-state index contributed by atoms with van der Waals surface area (Å²) in [4.78, 5) is 0.540. The van der Waals surface area contributed by atoms with E-state index in [1.54, 1.807) is 18.2 Å². The Balaban J connectivity index is 2.26. The summed E-state index contributed by atoms with van der Waals surface area (Å²) in [7, 11) is -2.68. The van der Waals surface area contributed by atoms with Gasteiger partial charge in [0.2, 0.25) is 0 Å². The Morgan fingerprint density at radius 2 is 2.17 bits per heavy atom.